The number of Topliss-reactive ketones (excluding diaryl/α,β-unsaturated/α-hetero) is 1. The molecule has 35 heavy (non-hydrogen) atoms. The van der Waals surface area contributed by atoms with Gasteiger partial charge >= 0.3 is 5.97 Å². The van der Waals surface area contributed by atoms with Crippen LogP contribution in [0, 0.1) is 17.1 Å². The Morgan fingerprint density at radius 1 is 1.06 bits per heavy atom. The first-order valence-electron chi connectivity index (χ1n) is 11.2. The van der Waals surface area contributed by atoms with Crippen molar-refractivity contribution in [3.05, 3.63) is 82.7 Å². The summed E-state index contributed by atoms with van der Waals surface area (Å²) in [6.45, 7) is -0.582. The Hall–Kier alpha value is -4.45. The smallest absolute Gasteiger partial charge is 0.359 e. The monoisotopic (exact) mass is 471 g/mol. The Kier molecular flexibility index (Phi) is 5.57. The number of rotatable bonds is 5. The van der Waals surface area contributed by atoms with Crippen LogP contribution >= 0.6 is 0 Å². The van der Waals surface area contributed by atoms with Gasteiger partial charge in [-0.3, -0.25) is 4.79 Å². The molecule has 1 aromatic heterocycles. The van der Waals surface area contributed by atoms with Crippen molar-refractivity contribution in [2.24, 2.45) is 0 Å². The summed E-state index contributed by atoms with van der Waals surface area (Å²) >= 11 is 0. The molecule has 176 valence electrons. The minimum absolute atomic E-state index is 0.0962. The molecule has 3 aromatic rings. The van der Waals surface area contributed by atoms with E-state index in [1.54, 1.807) is 40.7 Å². The van der Waals surface area contributed by atoms with Crippen molar-refractivity contribution in [3.63, 3.8) is 0 Å². The highest BCUT2D eigenvalue weighted by Crippen LogP contribution is 2.40. The van der Waals surface area contributed by atoms with E-state index in [1.807, 2.05) is 30.3 Å². The van der Waals surface area contributed by atoms with Crippen LogP contribution in [0.4, 0.5) is 15.8 Å². The summed E-state index contributed by atoms with van der Waals surface area (Å²) in [5.41, 5.74) is 4.07. The molecule has 0 spiro atoms. The molecule has 8 nitrogen and oxygen atoms in total. The van der Waals surface area contributed by atoms with E-state index in [2.05, 4.69) is 5.10 Å². The Morgan fingerprint density at radius 2 is 1.71 bits per heavy atom. The van der Waals surface area contributed by atoms with Gasteiger partial charge in [-0.2, -0.15) is 10.4 Å². The molecule has 0 amide bonds. The summed E-state index contributed by atoms with van der Waals surface area (Å²) in [7, 11) is 3.55. The average molecular weight is 471 g/mol. The number of nitrogens with zero attached hydrogens (tertiary/aromatic N) is 5. The third kappa shape index (κ3) is 3.73. The fourth-order valence-electron chi connectivity index (χ4n) is 4.73. The van der Waals surface area contributed by atoms with Gasteiger partial charge in [0.1, 0.15) is 23.3 Å². The predicted molar refractivity (Wildman–Crippen MR) is 127 cm³/mol. The van der Waals surface area contributed by atoms with E-state index < -0.39 is 18.4 Å². The first-order chi connectivity index (χ1) is 16.9. The molecule has 0 saturated carbocycles. The molecule has 0 unspecified atom stereocenters. The number of aromatic nitrogens is 2. The summed E-state index contributed by atoms with van der Waals surface area (Å²) in [5, 5.41) is 14.2. The largest absolute Gasteiger partial charge is 0.452 e. The molecule has 0 atom stereocenters. The number of carbonyl (C=O) groups is 2. The highest BCUT2D eigenvalue weighted by Gasteiger charge is 2.32. The van der Waals surface area contributed by atoms with Gasteiger partial charge in [0.15, 0.2) is 12.3 Å². The number of benzene rings is 2. The molecule has 0 bridgehead atoms. The van der Waals surface area contributed by atoms with Crippen LogP contribution in [0.15, 0.2) is 59.9 Å². The van der Waals surface area contributed by atoms with E-state index in [9.17, 15) is 19.2 Å². The molecule has 2 aliphatic rings. The molecule has 2 aromatic carbocycles. The Labute approximate surface area is 201 Å². The fourth-order valence-corrected chi connectivity index (χ4v) is 4.73. The number of ether oxygens (including phenoxy) is 1. The zero-order valence-electron chi connectivity index (χ0n) is 19.3. The van der Waals surface area contributed by atoms with E-state index in [0.717, 1.165) is 35.5 Å². The molecule has 0 N–H and O–H groups in total. The second kappa shape index (κ2) is 8.72. The van der Waals surface area contributed by atoms with Gasteiger partial charge in [0.05, 0.1) is 17.1 Å². The van der Waals surface area contributed by atoms with Crippen LogP contribution in [-0.4, -0.2) is 42.2 Å². The molecule has 0 radical (unpaired) electrons. The van der Waals surface area contributed by atoms with Gasteiger partial charge in [0, 0.05) is 25.4 Å². The van der Waals surface area contributed by atoms with Crippen molar-refractivity contribution in [2.45, 2.75) is 19.3 Å². The molecule has 0 fully saturated rings. The second-order valence-electron chi connectivity index (χ2n) is 8.43. The third-order valence-corrected chi connectivity index (χ3v) is 6.38. The lowest BCUT2D eigenvalue weighted by molar-refractivity contribution is -0.118. The maximum absolute atomic E-state index is 13.3. The minimum Gasteiger partial charge on any atom is -0.452 e. The maximum atomic E-state index is 13.3. The van der Waals surface area contributed by atoms with Gasteiger partial charge in [-0.25, -0.2) is 13.9 Å². The van der Waals surface area contributed by atoms with Gasteiger partial charge in [-0.1, -0.05) is 12.1 Å². The van der Waals surface area contributed by atoms with E-state index in [1.165, 1.54) is 12.1 Å². The summed E-state index contributed by atoms with van der Waals surface area (Å²) in [6.07, 6.45) is 2.25. The highest BCUT2D eigenvalue weighted by molar-refractivity contribution is 6.04. The van der Waals surface area contributed by atoms with Crippen molar-refractivity contribution in [1.29, 1.82) is 5.26 Å². The zero-order valence-corrected chi connectivity index (χ0v) is 19.3. The Bertz CT molecular complexity index is 1390. The molecule has 5 rings (SSSR count). The fraction of sp³-hybridized carbons (Fsp3) is 0.231. The van der Waals surface area contributed by atoms with Crippen molar-refractivity contribution in [3.8, 4) is 11.8 Å². The van der Waals surface area contributed by atoms with Crippen LogP contribution in [0.25, 0.3) is 5.69 Å². The Morgan fingerprint density at radius 3 is 2.34 bits per heavy atom. The molecule has 9 heteroatoms. The first kappa shape index (κ1) is 22.3. The van der Waals surface area contributed by atoms with E-state index in [0.29, 0.717) is 17.9 Å². The van der Waals surface area contributed by atoms with E-state index in [-0.39, 0.29) is 17.1 Å². The molecular formula is C26H22FN5O3. The van der Waals surface area contributed by atoms with Gasteiger partial charge in [-0.15, -0.1) is 0 Å². The molecule has 0 saturated heterocycles. The van der Waals surface area contributed by atoms with Gasteiger partial charge in [0.2, 0.25) is 5.78 Å². The number of anilines is 2. The molecule has 2 heterocycles. The summed E-state index contributed by atoms with van der Waals surface area (Å²) in [6, 6.07) is 15.4. The SMILES string of the molecule is CN1C(=C(C#N)C(=O)COC(=O)c2nn(-c3ccc(F)cc3)c3c2CCC3)N(C)c2ccccc21. The van der Waals surface area contributed by atoms with E-state index in [4.69, 9.17) is 4.74 Å². The van der Waals surface area contributed by atoms with Crippen molar-refractivity contribution >= 4 is 23.1 Å². The van der Waals surface area contributed by atoms with Crippen molar-refractivity contribution < 1.29 is 18.7 Å². The number of carbonyl (C=O) groups excluding carboxylic acids is 2. The molecule has 1 aliphatic carbocycles. The van der Waals surface area contributed by atoms with E-state index >= 15 is 0 Å². The van der Waals surface area contributed by atoms with Crippen LogP contribution in [0.5, 0.6) is 0 Å². The lowest BCUT2D eigenvalue weighted by Gasteiger charge is -2.19. The summed E-state index contributed by atoms with van der Waals surface area (Å²) in [4.78, 5) is 29.4. The van der Waals surface area contributed by atoms with Crippen LogP contribution in [0.1, 0.15) is 28.2 Å². The normalized spacial score (nSPS) is 13.9. The number of para-hydroxylation sites is 2. The minimum atomic E-state index is -0.726. The molecule has 1 aliphatic heterocycles. The lowest BCUT2D eigenvalue weighted by atomic mass is 10.1. The maximum Gasteiger partial charge on any atom is 0.359 e. The number of hydrogen-bond donors (Lipinski definition) is 0. The third-order valence-electron chi connectivity index (χ3n) is 6.38. The van der Waals surface area contributed by atoms with Crippen molar-refractivity contribution in [1.82, 2.24) is 9.78 Å². The lowest BCUT2D eigenvalue weighted by Crippen LogP contribution is -2.28. The number of esters is 1. The predicted octanol–water partition coefficient (Wildman–Crippen LogP) is 3.55. The average Bonchev–Trinajstić information content (AvgIpc) is 3.54. The highest BCUT2D eigenvalue weighted by atomic mass is 19.1. The van der Waals surface area contributed by atoms with Gasteiger partial charge in [0.25, 0.3) is 0 Å². The van der Waals surface area contributed by atoms with Crippen LogP contribution in [0.2, 0.25) is 0 Å². The number of fused-ring (bicyclic) bond motifs is 2. The molecular weight excluding hydrogens is 449 g/mol. The standard InChI is InChI=1S/C26H22FN5O3/c1-30-21-7-3-4-8-22(21)31(2)25(30)19(14-28)23(33)15-35-26(34)24-18-6-5-9-20(18)32(29-24)17-12-10-16(27)11-13-17/h3-4,7-8,10-13H,5-6,9,15H2,1-2H3. The number of nitriles is 1. The summed E-state index contributed by atoms with van der Waals surface area (Å²) < 4.78 is 20.3. The van der Waals surface area contributed by atoms with Gasteiger partial charge < -0.3 is 14.5 Å². The number of hydrogen-bond acceptors (Lipinski definition) is 7. The number of ketones is 1. The quantitative estimate of drug-likeness (QED) is 0.319. The summed E-state index contributed by atoms with van der Waals surface area (Å²) in [5.74, 6) is -1.26. The van der Waals surface area contributed by atoms with Crippen LogP contribution < -0.4 is 9.80 Å². The van der Waals surface area contributed by atoms with Gasteiger partial charge in [-0.05, 0) is 55.7 Å². The Balaban J connectivity index is 1.37. The topological polar surface area (TPSA) is 91.5 Å². The number of halogens is 1. The van der Waals surface area contributed by atoms with Crippen LogP contribution in [-0.2, 0) is 22.4 Å². The van der Waals surface area contributed by atoms with Crippen LogP contribution in [0.3, 0.4) is 0 Å². The first-order valence-corrected chi connectivity index (χ1v) is 11.2. The van der Waals surface area contributed by atoms with Crippen molar-refractivity contribution in [2.75, 3.05) is 30.5 Å². The zero-order chi connectivity index (χ0) is 24.7. The second-order valence-corrected chi connectivity index (χ2v) is 8.43.